The lowest BCUT2D eigenvalue weighted by Crippen LogP contribution is -2.15. The van der Waals surface area contributed by atoms with Crippen molar-refractivity contribution in [1.29, 1.82) is 0 Å². The molecule has 0 unspecified atom stereocenters. The number of carbonyl (C=O) groups is 1. The lowest BCUT2D eigenvalue weighted by atomic mass is 10.2. The van der Waals surface area contributed by atoms with Crippen LogP contribution in [0.1, 0.15) is 33.2 Å². The number of carbonyl (C=O) groups excluding carboxylic acids is 1. The summed E-state index contributed by atoms with van der Waals surface area (Å²) in [6.45, 7) is 6.03. The van der Waals surface area contributed by atoms with E-state index in [0.29, 0.717) is 29.6 Å². The predicted molar refractivity (Wildman–Crippen MR) is 117 cm³/mol. The van der Waals surface area contributed by atoms with Gasteiger partial charge in [-0.3, -0.25) is 4.79 Å². The maximum Gasteiger partial charge on any atom is 0.278 e. The maximum absolute atomic E-state index is 12.7. The van der Waals surface area contributed by atoms with E-state index in [1.807, 2.05) is 69.3 Å². The van der Waals surface area contributed by atoms with Gasteiger partial charge in [0, 0.05) is 10.0 Å². The summed E-state index contributed by atoms with van der Waals surface area (Å²) in [5, 5.41) is 11.1. The molecule has 0 fully saturated rings. The molecule has 4 aromatic rings. The van der Waals surface area contributed by atoms with Crippen molar-refractivity contribution in [3.05, 3.63) is 81.4 Å². The van der Waals surface area contributed by atoms with Crippen LogP contribution in [0.3, 0.4) is 0 Å². The smallest absolute Gasteiger partial charge is 0.278 e. The van der Waals surface area contributed by atoms with E-state index in [0.717, 1.165) is 21.3 Å². The van der Waals surface area contributed by atoms with E-state index in [2.05, 4.69) is 36.5 Å². The summed E-state index contributed by atoms with van der Waals surface area (Å²) in [7, 11) is 0. The van der Waals surface area contributed by atoms with Gasteiger partial charge in [0.05, 0.1) is 17.9 Å². The highest BCUT2D eigenvalue weighted by molar-refractivity contribution is 9.10. The van der Waals surface area contributed by atoms with Gasteiger partial charge >= 0.3 is 0 Å². The van der Waals surface area contributed by atoms with Crippen LogP contribution in [0.25, 0.3) is 11.5 Å². The zero-order valence-electron chi connectivity index (χ0n) is 16.8. The Morgan fingerprint density at radius 3 is 2.63 bits per heavy atom. The Bertz CT molecular complexity index is 1210. The number of nitrogens with one attached hydrogen (secondary N) is 1. The van der Waals surface area contributed by atoms with Crippen molar-refractivity contribution >= 4 is 27.5 Å². The molecule has 2 aromatic carbocycles. The minimum Gasteiger partial charge on any atom is -0.441 e. The Kier molecular flexibility index (Phi) is 5.50. The minimum absolute atomic E-state index is 0.270. The first-order valence-corrected chi connectivity index (χ1v) is 10.2. The molecule has 1 amide bonds. The fraction of sp³-hybridized carbons (Fsp3) is 0.182. The van der Waals surface area contributed by atoms with Gasteiger partial charge in [0.25, 0.3) is 5.91 Å². The second-order valence-electron chi connectivity index (χ2n) is 7.01. The highest BCUT2D eigenvalue weighted by Crippen LogP contribution is 2.25. The monoisotopic (exact) mass is 465 g/mol. The van der Waals surface area contributed by atoms with Crippen LogP contribution in [0.4, 0.5) is 5.69 Å². The first-order valence-electron chi connectivity index (χ1n) is 9.41. The molecule has 0 bridgehead atoms. The lowest BCUT2D eigenvalue weighted by molar-refractivity contribution is 0.102. The Balaban J connectivity index is 1.54. The van der Waals surface area contributed by atoms with Gasteiger partial charge in [-0.25, -0.2) is 9.67 Å². The molecule has 30 heavy (non-hydrogen) atoms. The lowest BCUT2D eigenvalue weighted by Gasteiger charge is -2.07. The molecule has 2 aromatic heterocycles. The second kappa shape index (κ2) is 8.23. The number of aromatic nitrogens is 4. The number of hydrogen-bond acceptors (Lipinski definition) is 5. The third-order valence-electron chi connectivity index (χ3n) is 4.78. The molecule has 0 radical (unpaired) electrons. The number of oxazole rings is 1. The van der Waals surface area contributed by atoms with Gasteiger partial charge in [0.1, 0.15) is 11.5 Å². The maximum atomic E-state index is 12.7. The summed E-state index contributed by atoms with van der Waals surface area (Å²) < 4.78 is 8.28. The molecule has 0 spiro atoms. The molecule has 0 saturated heterocycles. The fourth-order valence-electron chi connectivity index (χ4n) is 3.04. The van der Waals surface area contributed by atoms with Gasteiger partial charge in [0.15, 0.2) is 5.69 Å². The second-order valence-corrected chi connectivity index (χ2v) is 7.86. The van der Waals surface area contributed by atoms with Crippen LogP contribution in [0, 0.1) is 20.8 Å². The van der Waals surface area contributed by atoms with Crippen molar-refractivity contribution < 1.29 is 9.21 Å². The summed E-state index contributed by atoms with van der Waals surface area (Å²) >= 11 is 3.47. The quantitative estimate of drug-likeness (QED) is 0.451. The van der Waals surface area contributed by atoms with Crippen LogP contribution in [-0.4, -0.2) is 25.9 Å². The van der Waals surface area contributed by atoms with E-state index >= 15 is 0 Å². The van der Waals surface area contributed by atoms with Gasteiger partial charge in [-0.15, -0.1) is 5.10 Å². The molecule has 2 heterocycles. The van der Waals surface area contributed by atoms with Crippen LogP contribution in [0.2, 0.25) is 0 Å². The third kappa shape index (κ3) is 4.04. The number of benzene rings is 2. The average molecular weight is 466 g/mol. The molecule has 0 aliphatic carbocycles. The Labute approximate surface area is 182 Å². The Hall–Kier alpha value is -3.26. The van der Waals surface area contributed by atoms with Crippen LogP contribution < -0.4 is 5.32 Å². The molecule has 1 N–H and O–H groups in total. The van der Waals surface area contributed by atoms with Crippen molar-refractivity contribution in [2.45, 2.75) is 27.3 Å². The molecule has 7 nitrogen and oxygen atoms in total. The highest BCUT2D eigenvalue weighted by atomic mass is 79.9. The predicted octanol–water partition coefficient (Wildman–Crippen LogP) is 4.92. The summed E-state index contributed by atoms with van der Waals surface area (Å²) in [6, 6.07) is 15.4. The van der Waals surface area contributed by atoms with Gasteiger partial charge in [-0.1, -0.05) is 29.5 Å². The Morgan fingerprint density at radius 1 is 1.13 bits per heavy atom. The van der Waals surface area contributed by atoms with Crippen molar-refractivity contribution in [3.8, 4) is 11.5 Å². The Morgan fingerprint density at radius 2 is 1.90 bits per heavy atom. The number of rotatable bonds is 5. The van der Waals surface area contributed by atoms with Gasteiger partial charge < -0.3 is 9.73 Å². The molecular formula is C22H20BrN5O2. The summed E-state index contributed by atoms with van der Waals surface area (Å²) in [5.41, 5.74) is 4.35. The van der Waals surface area contributed by atoms with Crippen molar-refractivity contribution in [2.24, 2.45) is 0 Å². The van der Waals surface area contributed by atoms with E-state index in [4.69, 9.17) is 4.42 Å². The van der Waals surface area contributed by atoms with Crippen LogP contribution in [0.15, 0.2) is 57.4 Å². The average Bonchev–Trinajstić information content (AvgIpc) is 3.28. The van der Waals surface area contributed by atoms with Gasteiger partial charge in [-0.2, -0.15) is 0 Å². The van der Waals surface area contributed by atoms with Gasteiger partial charge in [-0.05, 0) is 66.5 Å². The molecule has 4 rings (SSSR count). The number of anilines is 1. The zero-order chi connectivity index (χ0) is 21.3. The van der Waals surface area contributed by atoms with Gasteiger partial charge in [0.2, 0.25) is 5.89 Å². The largest absolute Gasteiger partial charge is 0.441 e. The molecule has 152 valence electrons. The van der Waals surface area contributed by atoms with Crippen LogP contribution >= 0.6 is 15.9 Å². The number of halogens is 1. The fourth-order valence-corrected chi connectivity index (χ4v) is 3.64. The number of amides is 1. The summed E-state index contributed by atoms with van der Waals surface area (Å²) in [5.74, 6) is 0.951. The molecule has 8 heteroatoms. The van der Waals surface area contributed by atoms with Crippen molar-refractivity contribution in [2.75, 3.05) is 5.32 Å². The molecule has 0 aliphatic heterocycles. The van der Waals surface area contributed by atoms with E-state index in [9.17, 15) is 4.79 Å². The minimum atomic E-state index is -0.315. The molecule has 0 atom stereocenters. The summed E-state index contributed by atoms with van der Waals surface area (Å²) in [4.78, 5) is 17.3. The van der Waals surface area contributed by atoms with E-state index in [1.54, 1.807) is 4.68 Å². The normalized spacial score (nSPS) is 10.9. The third-order valence-corrected chi connectivity index (χ3v) is 5.44. The van der Waals surface area contributed by atoms with E-state index in [-0.39, 0.29) is 11.6 Å². The van der Waals surface area contributed by atoms with Crippen LogP contribution in [-0.2, 0) is 6.54 Å². The first-order chi connectivity index (χ1) is 14.4. The van der Waals surface area contributed by atoms with E-state index < -0.39 is 0 Å². The van der Waals surface area contributed by atoms with E-state index in [1.165, 1.54) is 0 Å². The zero-order valence-corrected chi connectivity index (χ0v) is 18.4. The van der Waals surface area contributed by atoms with Crippen molar-refractivity contribution in [3.63, 3.8) is 0 Å². The van der Waals surface area contributed by atoms with Crippen LogP contribution in [0.5, 0.6) is 0 Å². The standard InChI is InChI=1S/C22H20BrN5O2/c1-13-9-10-18(17(23)11-13)24-21(29)20-14(2)28(27-26-20)12-19-15(3)30-22(25-19)16-7-5-4-6-8-16/h4-11H,12H2,1-3H3,(H,24,29). The first kappa shape index (κ1) is 20.0. The molecule has 0 aliphatic rings. The number of nitrogens with zero attached hydrogens (tertiary/aromatic N) is 4. The number of aryl methyl sites for hydroxylation is 2. The molecular weight excluding hydrogens is 446 g/mol. The topological polar surface area (TPSA) is 85.8 Å². The summed E-state index contributed by atoms with van der Waals surface area (Å²) in [6.07, 6.45) is 0. The SMILES string of the molecule is Cc1ccc(NC(=O)c2nnn(Cc3nc(-c4ccccc4)oc3C)c2C)c(Br)c1. The van der Waals surface area contributed by atoms with Crippen molar-refractivity contribution in [1.82, 2.24) is 20.0 Å². The molecule has 0 saturated carbocycles. The number of hydrogen-bond donors (Lipinski definition) is 1. The highest BCUT2D eigenvalue weighted by Gasteiger charge is 2.19.